The minimum Gasteiger partial charge on any atom is -0.450 e. The highest BCUT2D eigenvalue weighted by molar-refractivity contribution is 7.80. The van der Waals surface area contributed by atoms with Crippen LogP contribution in [0.25, 0.3) is 0 Å². The Labute approximate surface area is 175 Å². The quantitative estimate of drug-likeness (QED) is 0.420. The molecule has 0 spiro atoms. The molecule has 2 amide bonds. The molecule has 11 heteroatoms. The number of aryl methyl sites for hydroxylation is 1. The first-order valence-corrected chi connectivity index (χ1v) is 11.0. The van der Waals surface area contributed by atoms with Crippen LogP contribution in [0, 0.1) is 0 Å². The van der Waals surface area contributed by atoms with Crippen molar-refractivity contribution < 1.29 is 23.1 Å². The van der Waals surface area contributed by atoms with Crippen LogP contribution in [-0.2, 0) is 33.6 Å². The summed E-state index contributed by atoms with van der Waals surface area (Å²) in [6.45, 7) is 3.71. The largest absolute Gasteiger partial charge is 0.450 e. The van der Waals surface area contributed by atoms with Gasteiger partial charge in [-0.25, -0.2) is 14.0 Å². The van der Waals surface area contributed by atoms with Crippen LogP contribution in [0.4, 0.5) is 10.5 Å². The molecule has 0 aliphatic rings. The first kappa shape index (κ1) is 22.8. The third-order valence-electron chi connectivity index (χ3n) is 3.83. The number of carbonyl (C=O) groups is 2. The minimum absolute atomic E-state index is 0.202. The zero-order chi connectivity index (χ0) is 21.2. The van der Waals surface area contributed by atoms with Gasteiger partial charge in [0.2, 0.25) is 5.91 Å². The Kier molecular flexibility index (Phi) is 9.03. The molecular formula is C18H24N4O5S2. The minimum atomic E-state index is -2.14. The summed E-state index contributed by atoms with van der Waals surface area (Å²) in [6, 6.07) is 6.61. The predicted molar refractivity (Wildman–Crippen MR) is 112 cm³/mol. The summed E-state index contributed by atoms with van der Waals surface area (Å²) in [5.74, 6) is -0.356. The summed E-state index contributed by atoms with van der Waals surface area (Å²) in [7, 11) is 0. The lowest BCUT2D eigenvalue weighted by Gasteiger charge is -2.17. The monoisotopic (exact) mass is 440 g/mol. The van der Waals surface area contributed by atoms with Gasteiger partial charge in [0.05, 0.1) is 18.3 Å². The van der Waals surface area contributed by atoms with Crippen LogP contribution in [0.5, 0.6) is 0 Å². The van der Waals surface area contributed by atoms with E-state index in [4.69, 9.17) is 9.29 Å². The van der Waals surface area contributed by atoms with Crippen molar-refractivity contribution in [1.82, 2.24) is 15.6 Å². The average molecular weight is 441 g/mol. The highest BCUT2D eigenvalue weighted by Gasteiger charge is 2.19. The number of anilines is 1. The zero-order valence-corrected chi connectivity index (χ0v) is 17.8. The van der Waals surface area contributed by atoms with E-state index in [1.165, 1.54) is 11.3 Å². The van der Waals surface area contributed by atoms with E-state index in [-0.39, 0.29) is 25.1 Å². The Hall–Kier alpha value is -2.50. The van der Waals surface area contributed by atoms with Crippen LogP contribution in [-0.4, -0.2) is 38.9 Å². The summed E-state index contributed by atoms with van der Waals surface area (Å²) in [5.41, 5.74) is 2.37. The van der Waals surface area contributed by atoms with Gasteiger partial charge in [0.1, 0.15) is 11.6 Å². The molecule has 1 aromatic carbocycles. The van der Waals surface area contributed by atoms with Gasteiger partial charge in [0.25, 0.3) is 11.3 Å². The van der Waals surface area contributed by atoms with E-state index in [1.54, 1.807) is 31.2 Å². The number of hydrogen-bond acceptors (Lipinski definition) is 6. The third kappa shape index (κ3) is 7.80. The van der Waals surface area contributed by atoms with Gasteiger partial charge in [-0.05, 0) is 37.5 Å². The molecule has 1 aromatic heterocycles. The number of nitrogens with zero attached hydrogens (tertiary/aromatic N) is 1. The van der Waals surface area contributed by atoms with Gasteiger partial charge in [-0.1, -0.05) is 19.1 Å². The number of nitrogens with one attached hydrogen (secondary N) is 3. The van der Waals surface area contributed by atoms with E-state index in [1.807, 2.05) is 12.3 Å². The molecule has 0 fully saturated rings. The lowest BCUT2D eigenvalue weighted by atomic mass is 10.1. The summed E-state index contributed by atoms with van der Waals surface area (Å²) in [5, 5.41) is 8.01. The van der Waals surface area contributed by atoms with Crippen molar-refractivity contribution >= 4 is 40.3 Å². The Morgan fingerprint density at radius 1 is 1.28 bits per heavy atom. The SMILES string of the molecule is CCOC(=O)NCC(=O)N[C@@H](Cc1ccc(NS(=O)O)cc1)c1nc(CC)cs1. The molecule has 1 heterocycles. The molecule has 2 rings (SSSR count). The van der Waals surface area contributed by atoms with Gasteiger partial charge in [-0.15, -0.1) is 11.3 Å². The molecule has 4 N–H and O–H groups in total. The van der Waals surface area contributed by atoms with E-state index < -0.39 is 17.4 Å². The molecule has 0 bridgehead atoms. The molecule has 29 heavy (non-hydrogen) atoms. The van der Waals surface area contributed by atoms with Crippen molar-refractivity contribution in [2.45, 2.75) is 32.7 Å². The normalized spacial score (nSPS) is 12.7. The molecule has 0 aliphatic heterocycles. The number of benzene rings is 1. The molecule has 2 aromatic rings. The van der Waals surface area contributed by atoms with Crippen LogP contribution in [0.3, 0.4) is 0 Å². The summed E-state index contributed by atoms with van der Waals surface area (Å²) >= 11 is -0.674. The summed E-state index contributed by atoms with van der Waals surface area (Å²) in [6.07, 6.45) is 0.621. The number of amides is 2. The van der Waals surface area contributed by atoms with Gasteiger partial charge >= 0.3 is 6.09 Å². The molecule has 0 saturated carbocycles. The maximum atomic E-state index is 12.3. The molecule has 0 saturated heterocycles. The molecule has 0 aliphatic carbocycles. The van der Waals surface area contributed by atoms with Gasteiger partial charge in [0, 0.05) is 11.1 Å². The second kappa shape index (κ2) is 11.5. The molecular weight excluding hydrogens is 416 g/mol. The Morgan fingerprint density at radius 3 is 2.59 bits per heavy atom. The zero-order valence-electron chi connectivity index (χ0n) is 16.1. The van der Waals surface area contributed by atoms with Crippen LogP contribution in [0.2, 0.25) is 0 Å². The first-order valence-electron chi connectivity index (χ1n) is 9.02. The van der Waals surface area contributed by atoms with Gasteiger partial charge in [-0.2, -0.15) is 0 Å². The van der Waals surface area contributed by atoms with Crippen molar-refractivity contribution in [3.63, 3.8) is 0 Å². The lowest BCUT2D eigenvalue weighted by Crippen LogP contribution is -2.39. The van der Waals surface area contributed by atoms with Crippen LogP contribution in [0.15, 0.2) is 29.6 Å². The van der Waals surface area contributed by atoms with Crippen LogP contribution >= 0.6 is 11.3 Å². The fourth-order valence-corrected chi connectivity index (χ4v) is 3.76. The number of aromatic nitrogens is 1. The van der Waals surface area contributed by atoms with E-state index in [9.17, 15) is 13.8 Å². The highest BCUT2D eigenvalue weighted by Crippen LogP contribution is 2.23. The number of hydrogen-bond donors (Lipinski definition) is 4. The molecule has 9 nitrogen and oxygen atoms in total. The van der Waals surface area contributed by atoms with Gasteiger partial charge in [-0.3, -0.25) is 14.1 Å². The van der Waals surface area contributed by atoms with E-state index >= 15 is 0 Å². The predicted octanol–water partition coefficient (Wildman–Crippen LogP) is 2.40. The van der Waals surface area contributed by atoms with E-state index in [0.29, 0.717) is 12.1 Å². The molecule has 1 unspecified atom stereocenters. The summed E-state index contributed by atoms with van der Waals surface area (Å²) < 4.78 is 26.9. The van der Waals surface area contributed by atoms with Crippen molar-refractivity contribution in [2.75, 3.05) is 17.9 Å². The number of rotatable bonds is 10. The maximum absolute atomic E-state index is 12.3. The standard InChI is InChI=1S/C18H24N4O5S2/c1-3-13-11-28-17(20-13)15(21-16(23)10-19-18(24)27-4-2)9-12-5-7-14(8-6-12)22-29(25)26/h5-8,11,15,22H,3-4,9-10H2,1-2H3,(H,19,24)(H,21,23)(H,25,26)/t15-/m0/s1. The van der Waals surface area contributed by atoms with E-state index in [2.05, 4.69) is 20.3 Å². The van der Waals surface area contributed by atoms with Crippen LogP contribution < -0.4 is 15.4 Å². The van der Waals surface area contributed by atoms with Crippen molar-refractivity contribution in [1.29, 1.82) is 0 Å². The second-order valence-electron chi connectivity index (χ2n) is 5.98. The lowest BCUT2D eigenvalue weighted by molar-refractivity contribution is -0.120. The van der Waals surface area contributed by atoms with E-state index in [0.717, 1.165) is 22.7 Å². The molecule has 158 valence electrons. The highest BCUT2D eigenvalue weighted by atomic mass is 32.2. The topological polar surface area (TPSA) is 130 Å². The van der Waals surface area contributed by atoms with Gasteiger partial charge in [0.15, 0.2) is 0 Å². The Balaban J connectivity index is 2.07. The molecule has 2 atom stereocenters. The smallest absolute Gasteiger partial charge is 0.407 e. The Bertz CT molecular complexity index is 841. The second-order valence-corrected chi connectivity index (χ2v) is 7.57. The number of alkyl carbamates (subject to hydrolysis) is 1. The van der Waals surface area contributed by atoms with Crippen molar-refractivity contribution in [3.8, 4) is 0 Å². The van der Waals surface area contributed by atoms with Crippen molar-refractivity contribution in [2.24, 2.45) is 0 Å². The number of carbonyl (C=O) groups excluding carboxylic acids is 2. The number of thiazole rings is 1. The first-order chi connectivity index (χ1) is 13.9. The Morgan fingerprint density at radius 2 is 2.00 bits per heavy atom. The van der Waals surface area contributed by atoms with Crippen LogP contribution in [0.1, 0.15) is 36.2 Å². The average Bonchev–Trinajstić information content (AvgIpc) is 3.16. The third-order valence-corrected chi connectivity index (χ3v) is 5.25. The molecule has 0 radical (unpaired) electrons. The fraction of sp³-hybridized carbons (Fsp3) is 0.389. The fourth-order valence-electron chi connectivity index (χ4n) is 2.47. The van der Waals surface area contributed by atoms with Crippen molar-refractivity contribution in [3.05, 3.63) is 45.9 Å². The van der Waals surface area contributed by atoms with Gasteiger partial charge < -0.3 is 15.4 Å². The summed E-state index contributed by atoms with van der Waals surface area (Å²) in [4.78, 5) is 28.2. The number of ether oxygens (including phenoxy) is 1. The maximum Gasteiger partial charge on any atom is 0.407 e.